The molecule has 154 valence electrons. The Morgan fingerprint density at radius 1 is 0.933 bits per heavy atom. The first-order valence-electron chi connectivity index (χ1n) is 9.59. The van der Waals surface area contributed by atoms with Crippen LogP contribution in [0.5, 0.6) is 5.75 Å². The van der Waals surface area contributed by atoms with Crippen LogP contribution in [-0.4, -0.2) is 24.5 Å². The number of carbonyl (C=O) groups excluding carboxylic acids is 2. The molecule has 1 unspecified atom stereocenters. The molecule has 0 fully saturated rings. The van der Waals surface area contributed by atoms with E-state index < -0.39 is 5.82 Å². The minimum atomic E-state index is -0.451. The second kappa shape index (κ2) is 9.69. The Hall–Kier alpha value is -3.67. The summed E-state index contributed by atoms with van der Waals surface area (Å²) in [5.74, 6) is -0.869. The van der Waals surface area contributed by atoms with Crippen molar-refractivity contribution in [1.82, 2.24) is 5.32 Å². The maximum atomic E-state index is 13.6. The van der Waals surface area contributed by atoms with Crippen LogP contribution in [0.3, 0.4) is 0 Å². The van der Waals surface area contributed by atoms with Crippen molar-refractivity contribution in [1.29, 1.82) is 0 Å². The molecule has 0 spiro atoms. The largest absolute Gasteiger partial charge is 0.488 e. The number of aryl methyl sites for hydroxylation is 1. The Bertz CT molecular complexity index is 1040. The summed E-state index contributed by atoms with van der Waals surface area (Å²) in [4.78, 5) is 25.0. The molecule has 5 nitrogen and oxygen atoms in total. The number of amides is 2. The summed E-state index contributed by atoms with van der Waals surface area (Å²) >= 11 is 0. The third kappa shape index (κ3) is 5.44. The molecular weight excluding hydrogens is 383 g/mol. The summed E-state index contributed by atoms with van der Waals surface area (Å²) < 4.78 is 19.1. The zero-order valence-electron chi connectivity index (χ0n) is 16.8. The third-order valence-corrected chi connectivity index (χ3v) is 4.49. The summed E-state index contributed by atoms with van der Waals surface area (Å²) in [6.07, 6.45) is 0. The van der Waals surface area contributed by atoms with Gasteiger partial charge in [0.15, 0.2) is 11.6 Å². The van der Waals surface area contributed by atoms with E-state index in [1.807, 2.05) is 13.0 Å². The molecular formula is C24H23FN2O3. The Morgan fingerprint density at radius 3 is 2.37 bits per heavy atom. The molecule has 0 heterocycles. The van der Waals surface area contributed by atoms with Gasteiger partial charge < -0.3 is 15.4 Å². The highest BCUT2D eigenvalue weighted by Crippen LogP contribution is 2.19. The van der Waals surface area contributed by atoms with Crippen LogP contribution in [0.4, 0.5) is 10.1 Å². The van der Waals surface area contributed by atoms with Crippen LogP contribution >= 0.6 is 0 Å². The first kappa shape index (κ1) is 21.0. The van der Waals surface area contributed by atoms with Crippen LogP contribution in [0.15, 0.2) is 72.8 Å². The molecule has 1 atom stereocenters. The quantitative estimate of drug-likeness (QED) is 0.603. The van der Waals surface area contributed by atoms with E-state index in [-0.39, 0.29) is 30.2 Å². The normalized spacial score (nSPS) is 11.4. The highest BCUT2D eigenvalue weighted by Gasteiger charge is 2.14. The summed E-state index contributed by atoms with van der Waals surface area (Å²) in [7, 11) is 0. The molecule has 0 aliphatic rings. The number of para-hydroxylation sites is 1. The minimum Gasteiger partial charge on any atom is -0.488 e. The fourth-order valence-corrected chi connectivity index (χ4v) is 2.81. The number of hydrogen-bond acceptors (Lipinski definition) is 3. The Balaban J connectivity index is 1.62. The summed E-state index contributed by atoms with van der Waals surface area (Å²) in [5.41, 5.74) is 2.34. The van der Waals surface area contributed by atoms with Gasteiger partial charge in [-0.1, -0.05) is 36.4 Å². The van der Waals surface area contributed by atoms with Gasteiger partial charge in [0.05, 0.1) is 6.04 Å². The predicted octanol–water partition coefficient (Wildman–Crippen LogP) is 4.58. The molecule has 0 aliphatic carbocycles. The number of carbonyl (C=O) groups is 2. The summed E-state index contributed by atoms with van der Waals surface area (Å²) in [6, 6.07) is 19.7. The Labute approximate surface area is 174 Å². The summed E-state index contributed by atoms with van der Waals surface area (Å²) in [5, 5.41) is 5.66. The van der Waals surface area contributed by atoms with E-state index in [0.29, 0.717) is 16.8 Å². The molecule has 0 aliphatic heterocycles. The van der Waals surface area contributed by atoms with E-state index in [0.717, 1.165) is 5.56 Å². The van der Waals surface area contributed by atoms with Crippen molar-refractivity contribution in [2.24, 2.45) is 0 Å². The van der Waals surface area contributed by atoms with Gasteiger partial charge in [-0.25, -0.2) is 4.39 Å². The van der Waals surface area contributed by atoms with Gasteiger partial charge in [0.1, 0.15) is 6.61 Å². The second-order valence-corrected chi connectivity index (χ2v) is 6.97. The van der Waals surface area contributed by atoms with Crippen LogP contribution < -0.4 is 15.4 Å². The van der Waals surface area contributed by atoms with E-state index in [9.17, 15) is 14.0 Å². The lowest BCUT2D eigenvalue weighted by atomic mass is 10.1. The van der Waals surface area contributed by atoms with Crippen molar-refractivity contribution in [3.63, 3.8) is 0 Å². The Kier molecular flexibility index (Phi) is 6.80. The lowest BCUT2D eigenvalue weighted by molar-refractivity contribution is 0.0925. The van der Waals surface area contributed by atoms with Crippen molar-refractivity contribution >= 4 is 17.5 Å². The lowest BCUT2D eigenvalue weighted by Gasteiger charge is -2.16. The minimum absolute atomic E-state index is 0.121. The average molecular weight is 406 g/mol. The smallest absolute Gasteiger partial charge is 0.255 e. The highest BCUT2D eigenvalue weighted by atomic mass is 19.1. The average Bonchev–Trinajstić information content (AvgIpc) is 2.75. The van der Waals surface area contributed by atoms with E-state index in [2.05, 4.69) is 10.6 Å². The second-order valence-electron chi connectivity index (χ2n) is 6.97. The van der Waals surface area contributed by atoms with Gasteiger partial charge >= 0.3 is 0 Å². The molecule has 0 saturated heterocycles. The van der Waals surface area contributed by atoms with Crippen LogP contribution in [0.1, 0.15) is 33.2 Å². The number of halogens is 1. The van der Waals surface area contributed by atoms with Crippen LogP contribution in [0.25, 0.3) is 0 Å². The van der Waals surface area contributed by atoms with E-state index in [4.69, 9.17) is 4.74 Å². The van der Waals surface area contributed by atoms with Gasteiger partial charge in [-0.15, -0.1) is 0 Å². The molecule has 2 amide bonds. The molecule has 3 rings (SSSR count). The van der Waals surface area contributed by atoms with Gasteiger partial charge in [0, 0.05) is 16.8 Å². The van der Waals surface area contributed by atoms with Gasteiger partial charge in [-0.05, 0) is 55.8 Å². The topological polar surface area (TPSA) is 67.4 Å². The zero-order chi connectivity index (χ0) is 21.5. The third-order valence-electron chi connectivity index (χ3n) is 4.49. The van der Waals surface area contributed by atoms with E-state index >= 15 is 0 Å². The zero-order valence-corrected chi connectivity index (χ0v) is 16.8. The van der Waals surface area contributed by atoms with E-state index in [1.165, 1.54) is 12.1 Å². The number of anilines is 1. The van der Waals surface area contributed by atoms with E-state index in [1.54, 1.807) is 61.5 Å². The fourth-order valence-electron chi connectivity index (χ4n) is 2.81. The molecule has 0 radical (unpaired) electrons. The maximum Gasteiger partial charge on any atom is 0.255 e. The predicted molar refractivity (Wildman–Crippen MR) is 114 cm³/mol. The van der Waals surface area contributed by atoms with Crippen LogP contribution in [0, 0.1) is 12.7 Å². The SMILES string of the molecule is Cc1ccc(C(=O)NC(C)COc2ccccc2F)cc1NC(=O)c1ccccc1. The number of nitrogens with one attached hydrogen (secondary N) is 2. The standard InChI is InChI=1S/C24H23FN2O3/c1-16-12-13-19(14-21(16)27-23(28)18-8-4-3-5-9-18)24(29)26-17(2)15-30-22-11-7-6-10-20(22)25/h3-14,17H,15H2,1-2H3,(H,26,29)(H,27,28). The molecule has 0 saturated carbocycles. The molecule has 0 bridgehead atoms. The summed E-state index contributed by atoms with van der Waals surface area (Å²) in [6.45, 7) is 3.74. The first-order chi connectivity index (χ1) is 14.4. The molecule has 0 aromatic heterocycles. The molecule has 30 heavy (non-hydrogen) atoms. The van der Waals surface area contributed by atoms with Gasteiger partial charge in [0.2, 0.25) is 0 Å². The first-order valence-corrected chi connectivity index (χ1v) is 9.59. The monoisotopic (exact) mass is 406 g/mol. The number of benzene rings is 3. The van der Waals surface area contributed by atoms with Crippen molar-refractivity contribution in [2.75, 3.05) is 11.9 Å². The molecule has 6 heteroatoms. The number of ether oxygens (including phenoxy) is 1. The van der Waals surface area contributed by atoms with Crippen LogP contribution in [0.2, 0.25) is 0 Å². The molecule has 2 N–H and O–H groups in total. The number of hydrogen-bond donors (Lipinski definition) is 2. The van der Waals surface area contributed by atoms with Crippen LogP contribution in [-0.2, 0) is 0 Å². The van der Waals surface area contributed by atoms with Gasteiger partial charge in [-0.3, -0.25) is 9.59 Å². The maximum absolute atomic E-state index is 13.6. The van der Waals surface area contributed by atoms with Crippen molar-refractivity contribution < 1.29 is 18.7 Å². The van der Waals surface area contributed by atoms with Crippen molar-refractivity contribution in [3.05, 3.63) is 95.3 Å². The molecule has 3 aromatic rings. The number of rotatable bonds is 7. The Morgan fingerprint density at radius 2 is 1.63 bits per heavy atom. The van der Waals surface area contributed by atoms with Crippen molar-refractivity contribution in [2.45, 2.75) is 19.9 Å². The molecule has 3 aromatic carbocycles. The van der Waals surface area contributed by atoms with Gasteiger partial charge in [0.25, 0.3) is 11.8 Å². The highest BCUT2D eigenvalue weighted by molar-refractivity contribution is 6.05. The lowest BCUT2D eigenvalue weighted by Crippen LogP contribution is -2.36. The van der Waals surface area contributed by atoms with Gasteiger partial charge in [-0.2, -0.15) is 0 Å². The van der Waals surface area contributed by atoms with Crippen molar-refractivity contribution in [3.8, 4) is 5.75 Å². The fraction of sp³-hybridized carbons (Fsp3) is 0.167.